The molecule has 1 aromatic heterocycles. The topological polar surface area (TPSA) is 60.3 Å². The van der Waals surface area contributed by atoms with E-state index in [0.29, 0.717) is 47.0 Å². The van der Waals surface area contributed by atoms with Crippen molar-refractivity contribution in [2.24, 2.45) is 23.2 Å². The van der Waals surface area contributed by atoms with Crippen LogP contribution in [-0.4, -0.2) is 24.1 Å². The van der Waals surface area contributed by atoms with E-state index >= 15 is 0 Å². The van der Waals surface area contributed by atoms with Gasteiger partial charge in [0.05, 0.1) is 12.3 Å². The summed E-state index contributed by atoms with van der Waals surface area (Å²) in [6.45, 7) is 3.35. The zero-order valence-electron chi connectivity index (χ0n) is 19.3. The average Bonchev–Trinajstić information content (AvgIpc) is 3.45. The van der Waals surface area contributed by atoms with Crippen molar-refractivity contribution >= 4 is 17.5 Å². The smallest absolute Gasteiger partial charge is 0.257 e. The van der Waals surface area contributed by atoms with Crippen LogP contribution in [0.2, 0.25) is 5.02 Å². The number of hydrogen-bond donors (Lipinski definition) is 1. The number of ether oxygens (including phenoxy) is 1. The lowest BCUT2D eigenvalue weighted by molar-refractivity contribution is 0.0935. The third-order valence-corrected chi connectivity index (χ3v) is 8.25. The summed E-state index contributed by atoms with van der Waals surface area (Å²) in [5.41, 5.74) is 3.00. The first-order chi connectivity index (χ1) is 15.9. The number of amides is 1. The number of benzene rings is 1. The van der Waals surface area contributed by atoms with Gasteiger partial charge >= 0.3 is 0 Å². The highest BCUT2D eigenvalue weighted by atomic mass is 35.5. The van der Waals surface area contributed by atoms with Crippen LogP contribution in [-0.2, 0) is 24.3 Å². The van der Waals surface area contributed by atoms with Gasteiger partial charge in [0.1, 0.15) is 5.56 Å². The van der Waals surface area contributed by atoms with Crippen molar-refractivity contribution in [3.8, 4) is 0 Å². The SMILES string of the molecule is COCc1c(C(=O)NC[C@H]2C[C@H]3C=C[C@H]2C32CC2)c(=O)cc(C)n1CCc1cccc(Cl)c1. The van der Waals surface area contributed by atoms with Crippen LogP contribution in [0.25, 0.3) is 0 Å². The summed E-state index contributed by atoms with van der Waals surface area (Å²) in [4.78, 5) is 26.2. The minimum atomic E-state index is -0.292. The maximum atomic E-state index is 13.3. The molecule has 3 aliphatic rings. The van der Waals surface area contributed by atoms with E-state index in [4.69, 9.17) is 16.3 Å². The second-order valence-corrected chi connectivity index (χ2v) is 10.3. The molecule has 1 heterocycles. The summed E-state index contributed by atoms with van der Waals surface area (Å²) >= 11 is 6.13. The summed E-state index contributed by atoms with van der Waals surface area (Å²) in [7, 11) is 1.59. The van der Waals surface area contributed by atoms with Gasteiger partial charge in [-0.1, -0.05) is 35.9 Å². The molecule has 0 saturated heterocycles. The Balaban J connectivity index is 1.35. The first-order valence-electron chi connectivity index (χ1n) is 11.9. The van der Waals surface area contributed by atoms with Gasteiger partial charge in [0.25, 0.3) is 5.91 Å². The van der Waals surface area contributed by atoms with Gasteiger partial charge in [-0.2, -0.15) is 0 Å². The van der Waals surface area contributed by atoms with Gasteiger partial charge in [0, 0.05) is 37.0 Å². The molecule has 174 valence electrons. The molecule has 6 heteroatoms. The molecule has 1 N–H and O–H groups in total. The number of methoxy groups -OCH3 is 1. The number of aromatic nitrogens is 1. The number of aryl methyl sites for hydroxylation is 2. The summed E-state index contributed by atoms with van der Waals surface area (Å²) in [5, 5.41) is 3.80. The first kappa shape index (κ1) is 22.4. The number of pyridine rings is 1. The molecule has 1 amide bonds. The third kappa shape index (κ3) is 4.06. The summed E-state index contributed by atoms with van der Waals surface area (Å²) in [5.74, 6) is 1.43. The van der Waals surface area contributed by atoms with E-state index in [1.165, 1.54) is 12.8 Å². The minimum Gasteiger partial charge on any atom is -0.378 e. The number of rotatable bonds is 8. The van der Waals surface area contributed by atoms with Crippen LogP contribution in [0.4, 0.5) is 0 Å². The van der Waals surface area contributed by atoms with Crippen molar-refractivity contribution < 1.29 is 9.53 Å². The van der Waals surface area contributed by atoms with Crippen LogP contribution in [0, 0.1) is 30.1 Å². The molecule has 5 nitrogen and oxygen atoms in total. The molecule has 3 aliphatic carbocycles. The zero-order chi connectivity index (χ0) is 23.2. The largest absolute Gasteiger partial charge is 0.378 e. The Bertz CT molecular complexity index is 1160. The van der Waals surface area contributed by atoms with Gasteiger partial charge in [0.15, 0.2) is 5.43 Å². The zero-order valence-corrected chi connectivity index (χ0v) is 20.0. The quantitative estimate of drug-likeness (QED) is 0.581. The van der Waals surface area contributed by atoms with E-state index in [2.05, 4.69) is 17.5 Å². The lowest BCUT2D eigenvalue weighted by atomic mass is 9.89. The molecule has 3 atom stereocenters. The molecule has 2 saturated carbocycles. The van der Waals surface area contributed by atoms with E-state index in [1.54, 1.807) is 13.2 Å². The highest BCUT2D eigenvalue weighted by Crippen LogP contribution is 2.69. The van der Waals surface area contributed by atoms with Crippen LogP contribution in [0.15, 0.2) is 47.3 Å². The molecule has 2 bridgehead atoms. The molecule has 0 unspecified atom stereocenters. The molecule has 2 fully saturated rings. The standard InChI is InChI=1S/C27H31ClN2O3/c1-17-12-24(31)25(23(16-33-2)30(17)11-8-18-4-3-5-21(28)13-18)26(32)29-15-19-14-20-6-7-22(19)27(20)9-10-27/h3-7,12-13,19-20,22H,8-11,14-16H2,1-2H3,(H,29,32)/t19-,20-,22-/m1/s1. The van der Waals surface area contributed by atoms with E-state index in [9.17, 15) is 9.59 Å². The van der Waals surface area contributed by atoms with Crippen molar-refractivity contribution in [1.29, 1.82) is 0 Å². The molecule has 0 aliphatic heterocycles. The van der Waals surface area contributed by atoms with Crippen LogP contribution < -0.4 is 10.7 Å². The molecule has 1 spiro atoms. The maximum absolute atomic E-state index is 13.3. The molecular weight excluding hydrogens is 436 g/mol. The van der Waals surface area contributed by atoms with Gasteiger partial charge in [-0.25, -0.2) is 0 Å². The predicted octanol–water partition coefficient (Wildman–Crippen LogP) is 4.53. The number of hydrogen-bond acceptors (Lipinski definition) is 3. The lowest BCUT2D eigenvalue weighted by Crippen LogP contribution is -2.36. The number of halogens is 1. The maximum Gasteiger partial charge on any atom is 0.257 e. The summed E-state index contributed by atoms with van der Waals surface area (Å²) in [6.07, 6.45) is 9.25. The molecule has 0 radical (unpaired) electrons. The third-order valence-electron chi connectivity index (χ3n) is 8.02. The highest BCUT2D eigenvalue weighted by molar-refractivity contribution is 6.30. The monoisotopic (exact) mass is 466 g/mol. The second kappa shape index (κ2) is 8.77. The van der Waals surface area contributed by atoms with Gasteiger partial charge in [0.2, 0.25) is 0 Å². The molecule has 2 aromatic rings. The minimum absolute atomic E-state index is 0.202. The Kier molecular flexibility index (Phi) is 5.96. The Morgan fingerprint density at radius 3 is 2.79 bits per heavy atom. The van der Waals surface area contributed by atoms with Crippen LogP contribution in [0.3, 0.4) is 0 Å². The van der Waals surface area contributed by atoms with Crippen molar-refractivity contribution in [2.75, 3.05) is 13.7 Å². The van der Waals surface area contributed by atoms with E-state index in [1.807, 2.05) is 35.8 Å². The average molecular weight is 467 g/mol. The Morgan fingerprint density at radius 2 is 2.09 bits per heavy atom. The Morgan fingerprint density at radius 1 is 1.27 bits per heavy atom. The van der Waals surface area contributed by atoms with Crippen LogP contribution in [0.5, 0.6) is 0 Å². The van der Waals surface area contributed by atoms with Crippen molar-refractivity contribution in [2.45, 2.75) is 45.8 Å². The molecule has 1 aromatic carbocycles. The van der Waals surface area contributed by atoms with Gasteiger partial charge in [-0.15, -0.1) is 0 Å². The highest BCUT2D eigenvalue weighted by Gasteiger charge is 2.62. The number of nitrogens with one attached hydrogen (secondary N) is 1. The first-order valence-corrected chi connectivity index (χ1v) is 12.2. The van der Waals surface area contributed by atoms with E-state index in [-0.39, 0.29) is 23.5 Å². The van der Waals surface area contributed by atoms with Gasteiger partial charge in [-0.05, 0) is 73.5 Å². The summed E-state index contributed by atoms with van der Waals surface area (Å²) < 4.78 is 7.45. The van der Waals surface area contributed by atoms with Gasteiger partial charge in [-0.3, -0.25) is 9.59 Å². The molecule has 5 rings (SSSR count). The number of nitrogens with zero attached hydrogens (tertiary/aromatic N) is 1. The fourth-order valence-corrected chi connectivity index (χ4v) is 6.49. The fraction of sp³-hybridized carbons (Fsp3) is 0.481. The number of allylic oxidation sites excluding steroid dienone is 2. The van der Waals surface area contributed by atoms with E-state index < -0.39 is 0 Å². The van der Waals surface area contributed by atoms with Crippen molar-refractivity contribution in [1.82, 2.24) is 9.88 Å². The number of carbonyl (C=O) groups excluding carboxylic acids is 1. The molecular formula is C27H31ClN2O3. The van der Waals surface area contributed by atoms with Crippen LogP contribution in [0.1, 0.15) is 46.6 Å². The molecule has 33 heavy (non-hydrogen) atoms. The lowest BCUT2D eigenvalue weighted by Gasteiger charge is -2.22. The fourth-order valence-electron chi connectivity index (χ4n) is 6.27. The predicted molar refractivity (Wildman–Crippen MR) is 130 cm³/mol. The summed E-state index contributed by atoms with van der Waals surface area (Å²) in [6, 6.07) is 9.32. The number of carbonyl (C=O) groups is 1. The van der Waals surface area contributed by atoms with E-state index in [0.717, 1.165) is 24.1 Å². The Labute approximate surface area is 199 Å². The second-order valence-electron chi connectivity index (χ2n) is 9.89. The Hall–Kier alpha value is -2.37. The van der Waals surface area contributed by atoms with Crippen LogP contribution >= 0.6 is 11.6 Å². The normalized spacial score (nSPS) is 23.9. The van der Waals surface area contributed by atoms with Crippen molar-refractivity contribution in [3.05, 3.63) is 80.2 Å². The van der Waals surface area contributed by atoms with Gasteiger partial charge < -0.3 is 14.6 Å². The van der Waals surface area contributed by atoms with Crippen molar-refractivity contribution in [3.63, 3.8) is 0 Å².